The van der Waals surface area contributed by atoms with E-state index in [1.165, 1.54) is 0 Å². The highest BCUT2D eigenvalue weighted by Gasteiger charge is 2.26. The van der Waals surface area contributed by atoms with Crippen LogP contribution in [0.15, 0.2) is 12.2 Å². The van der Waals surface area contributed by atoms with Crippen LogP contribution in [0, 0.1) is 5.92 Å². The smallest absolute Gasteiger partial charge is 0.295 e. The van der Waals surface area contributed by atoms with Gasteiger partial charge in [0.2, 0.25) is 8.32 Å². The van der Waals surface area contributed by atoms with E-state index in [0.29, 0.717) is 0 Å². The summed E-state index contributed by atoms with van der Waals surface area (Å²) in [5.74, 6) is 0.139. The Hall–Kier alpha value is -0.573. The molecule has 74 valence electrons. The molecule has 3 heteroatoms. The van der Waals surface area contributed by atoms with Gasteiger partial charge in [0.25, 0.3) is 5.97 Å². The van der Waals surface area contributed by atoms with E-state index in [-0.39, 0.29) is 11.9 Å². The average Bonchev–Trinajstić information content (AvgIpc) is 2.03. The van der Waals surface area contributed by atoms with E-state index in [2.05, 4.69) is 12.2 Å². The fraction of sp³-hybridized carbons (Fsp3) is 0.700. The van der Waals surface area contributed by atoms with Crippen molar-refractivity contribution < 1.29 is 9.22 Å². The van der Waals surface area contributed by atoms with Gasteiger partial charge in [0.1, 0.15) is 0 Å². The third-order valence-corrected chi connectivity index (χ3v) is 2.82. The quantitative estimate of drug-likeness (QED) is 0.504. The van der Waals surface area contributed by atoms with Crippen LogP contribution < -0.4 is 0 Å². The number of hydrogen-bond acceptors (Lipinski definition) is 2. The summed E-state index contributed by atoms with van der Waals surface area (Å²) < 4.78 is 5.44. The van der Waals surface area contributed by atoms with Gasteiger partial charge in [-0.25, -0.2) is 0 Å². The molecule has 13 heavy (non-hydrogen) atoms. The normalized spacial score (nSPS) is 22.8. The van der Waals surface area contributed by atoms with Crippen molar-refractivity contribution in [2.75, 3.05) is 0 Å². The number of allylic oxidation sites excluding steroid dienone is 2. The SMILES string of the molecule is C[Si](C)(C)OC(=O)C1CC=CCC1. The van der Waals surface area contributed by atoms with Crippen LogP contribution in [0.25, 0.3) is 0 Å². The maximum Gasteiger partial charge on any atom is 0.295 e. The predicted molar refractivity (Wildman–Crippen MR) is 55.9 cm³/mol. The van der Waals surface area contributed by atoms with Gasteiger partial charge in [0.05, 0.1) is 5.92 Å². The number of hydrogen-bond donors (Lipinski definition) is 0. The summed E-state index contributed by atoms with van der Waals surface area (Å²) in [6.07, 6.45) is 7.06. The number of carbonyl (C=O) groups excluding carboxylic acids is 1. The maximum absolute atomic E-state index is 11.6. The Balaban J connectivity index is 2.43. The minimum absolute atomic E-state index is 0.0171. The minimum Gasteiger partial charge on any atom is -0.520 e. The van der Waals surface area contributed by atoms with Crippen molar-refractivity contribution >= 4 is 14.3 Å². The van der Waals surface area contributed by atoms with Gasteiger partial charge in [-0.05, 0) is 38.9 Å². The molecule has 1 atom stereocenters. The second kappa shape index (κ2) is 4.09. The summed E-state index contributed by atoms with van der Waals surface area (Å²) in [6.45, 7) is 6.14. The molecule has 1 rings (SSSR count). The highest BCUT2D eigenvalue weighted by atomic mass is 28.4. The molecule has 1 unspecified atom stereocenters. The minimum atomic E-state index is -1.68. The van der Waals surface area contributed by atoms with Crippen LogP contribution in [-0.2, 0) is 9.22 Å². The number of carbonyl (C=O) groups is 1. The van der Waals surface area contributed by atoms with Gasteiger partial charge >= 0.3 is 0 Å². The molecule has 0 aliphatic heterocycles. The Kier molecular flexibility index (Phi) is 3.31. The molecule has 0 saturated carbocycles. The summed E-state index contributed by atoms with van der Waals surface area (Å²) >= 11 is 0. The Labute approximate surface area is 81.1 Å². The standard InChI is InChI=1S/C10H18O2Si/c1-13(2,3)12-10(11)9-7-5-4-6-8-9/h4-5,9H,6-8H2,1-3H3. The van der Waals surface area contributed by atoms with Gasteiger partial charge in [-0.2, -0.15) is 0 Å². The molecule has 0 aromatic heterocycles. The highest BCUT2D eigenvalue weighted by Crippen LogP contribution is 2.21. The van der Waals surface area contributed by atoms with E-state index in [4.69, 9.17) is 4.43 Å². The van der Waals surface area contributed by atoms with Gasteiger partial charge < -0.3 is 4.43 Å². The second-order valence-electron chi connectivity index (χ2n) is 4.51. The third-order valence-electron chi connectivity index (χ3n) is 2.01. The Morgan fingerprint density at radius 3 is 2.54 bits per heavy atom. The first-order valence-corrected chi connectivity index (χ1v) is 8.28. The molecule has 0 spiro atoms. The Morgan fingerprint density at radius 2 is 2.08 bits per heavy atom. The topological polar surface area (TPSA) is 26.3 Å². The van der Waals surface area contributed by atoms with E-state index in [9.17, 15) is 4.79 Å². The molecular weight excluding hydrogens is 180 g/mol. The molecule has 0 bridgehead atoms. The van der Waals surface area contributed by atoms with Crippen LogP contribution in [0.4, 0.5) is 0 Å². The fourth-order valence-corrected chi connectivity index (χ4v) is 2.16. The zero-order valence-corrected chi connectivity index (χ0v) is 9.67. The van der Waals surface area contributed by atoms with E-state index in [1.807, 2.05) is 19.6 Å². The van der Waals surface area contributed by atoms with E-state index in [0.717, 1.165) is 19.3 Å². The molecule has 0 radical (unpaired) electrons. The van der Waals surface area contributed by atoms with Gasteiger partial charge in [-0.1, -0.05) is 12.2 Å². The van der Waals surface area contributed by atoms with Crippen LogP contribution in [0.5, 0.6) is 0 Å². The van der Waals surface area contributed by atoms with E-state index < -0.39 is 8.32 Å². The molecule has 0 amide bonds. The van der Waals surface area contributed by atoms with Crippen molar-refractivity contribution in [2.24, 2.45) is 5.92 Å². The van der Waals surface area contributed by atoms with Crippen LogP contribution in [-0.4, -0.2) is 14.3 Å². The summed E-state index contributed by atoms with van der Waals surface area (Å²) in [5.41, 5.74) is 0. The van der Waals surface area contributed by atoms with Gasteiger partial charge in [0.15, 0.2) is 0 Å². The summed E-state index contributed by atoms with van der Waals surface area (Å²) in [4.78, 5) is 11.6. The first kappa shape index (κ1) is 10.5. The lowest BCUT2D eigenvalue weighted by molar-refractivity contribution is -0.139. The fourth-order valence-electron chi connectivity index (χ4n) is 1.39. The molecule has 2 nitrogen and oxygen atoms in total. The van der Waals surface area contributed by atoms with Crippen molar-refractivity contribution in [1.29, 1.82) is 0 Å². The molecule has 0 fully saturated rings. The zero-order valence-electron chi connectivity index (χ0n) is 8.67. The lowest BCUT2D eigenvalue weighted by Gasteiger charge is -2.23. The first-order chi connectivity index (χ1) is 5.99. The molecule has 1 aliphatic carbocycles. The lowest BCUT2D eigenvalue weighted by Crippen LogP contribution is -2.33. The van der Waals surface area contributed by atoms with E-state index in [1.54, 1.807) is 0 Å². The van der Waals surface area contributed by atoms with Gasteiger partial charge in [-0.3, -0.25) is 4.79 Å². The largest absolute Gasteiger partial charge is 0.520 e. The molecule has 0 aromatic rings. The number of rotatable bonds is 2. The van der Waals surface area contributed by atoms with Gasteiger partial charge in [-0.15, -0.1) is 0 Å². The zero-order chi connectivity index (χ0) is 9.90. The Bertz CT molecular complexity index is 215. The maximum atomic E-state index is 11.6. The highest BCUT2D eigenvalue weighted by molar-refractivity contribution is 6.71. The van der Waals surface area contributed by atoms with Crippen molar-refractivity contribution in [3.8, 4) is 0 Å². The molecule has 0 heterocycles. The van der Waals surface area contributed by atoms with Crippen LogP contribution >= 0.6 is 0 Å². The summed E-state index contributed by atoms with van der Waals surface area (Å²) in [5, 5.41) is 0. The van der Waals surface area contributed by atoms with Crippen molar-refractivity contribution in [3.63, 3.8) is 0 Å². The third kappa shape index (κ3) is 3.76. The molecule has 1 aliphatic rings. The monoisotopic (exact) mass is 198 g/mol. The predicted octanol–water partition coefficient (Wildman–Crippen LogP) is 2.72. The van der Waals surface area contributed by atoms with Crippen molar-refractivity contribution in [1.82, 2.24) is 0 Å². The average molecular weight is 198 g/mol. The molecule has 0 aromatic carbocycles. The van der Waals surface area contributed by atoms with Crippen LogP contribution in [0.1, 0.15) is 19.3 Å². The first-order valence-electron chi connectivity index (χ1n) is 4.87. The molecule has 0 saturated heterocycles. The second-order valence-corrected chi connectivity index (χ2v) is 8.94. The van der Waals surface area contributed by atoms with Crippen LogP contribution in [0.3, 0.4) is 0 Å². The Morgan fingerprint density at radius 1 is 1.38 bits per heavy atom. The van der Waals surface area contributed by atoms with Crippen LogP contribution in [0.2, 0.25) is 19.6 Å². The van der Waals surface area contributed by atoms with Gasteiger partial charge in [0, 0.05) is 0 Å². The van der Waals surface area contributed by atoms with E-state index >= 15 is 0 Å². The molecular formula is C10H18O2Si. The summed E-state index contributed by atoms with van der Waals surface area (Å²) in [7, 11) is -1.68. The van der Waals surface area contributed by atoms with Crippen molar-refractivity contribution in [2.45, 2.75) is 38.9 Å². The van der Waals surface area contributed by atoms with Crippen molar-refractivity contribution in [3.05, 3.63) is 12.2 Å². The molecule has 0 N–H and O–H groups in total. The summed E-state index contributed by atoms with van der Waals surface area (Å²) in [6, 6.07) is 0. The lowest BCUT2D eigenvalue weighted by atomic mass is 9.95.